The van der Waals surface area contributed by atoms with Crippen LogP contribution in [0.2, 0.25) is 0 Å². The summed E-state index contributed by atoms with van der Waals surface area (Å²) in [6.45, 7) is 5.03. The van der Waals surface area contributed by atoms with Crippen LogP contribution >= 0.6 is 0 Å². The molecule has 2 aromatic carbocycles. The first-order chi connectivity index (χ1) is 16.1. The maximum Gasteiger partial charge on any atom is 0.256 e. The van der Waals surface area contributed by atoms with Gasteiger partial charge in [-0.05, 0) is 31.2 Å². The van der Waals surface area contributed by atoms with Gasteiger partial charge in [0, 0.05) is 30.9 Å². The van der Waals surface area contributed by atoms with E-state index in [0.29, 0.717) is 66.5 Å². The number of nitrogens with one attached hydrogen (secondary N) is 1. The van der Waals surface area contributed by atoms with Crippen LogP contribution in [-0.4, -0.2) is 47.0 Å². The van der Waals surface area contributed by atoms with Gasteiger partial charge in [-0.3, -0.25) is 4.79 Å². The number of carbonyl (C=O) groups excluding carboxylic acids is 1. The van der Waals surface area contributed by atoms with Gasteiger partial charge < -0.3 is 15.0 Å². The zero-order valence-electron chi connectivity index (χ0n) is 18.3. The Labute approximate surface area is 190 Å². The summed E-state index contributed by atoms with van der Waals surface area (Å²) in [6, 6.07) is 16.2. The smallest absolute Gasteiger partial charge is 0.256 e. The quantitative estimate of drug-likeness (QED) is 0.495. The molecule has 0 unspecified atom stereocenters. The largest absolute Gasteiger partial charge is 0.378 e. The van der Waals surface area contributed by atoms with Crippen LogP contribution < -0.4 is 10.2 Å². The lowest BCUT2D eigenvalue weighted by Crippen LogP contribution is -2.36. The normalized spacial score (nSPS) is 13.9. The van der Waals surface area contributed by atoms with Crippen LogP contribution in [0.1, 0.15) is 17.3 Å². The minimum absolute atomic E-state index is 0.339. The summed E-state index contributed by atoms with van der Waals surface area (Å²) in [5, 5.41) is 7.87. The van der Waals surface area contributed by atoms with Crippen molar-refractivity contribution in [3.63, 3.8) is 0 Å². The minimum Gasteiger partial charge on any atom is -0.378 e. The second-order valence-corrected chi connectivity index (χ2v) is 7.84. The molecule has 3 heterocycles. The minimum atomic E-state index is -0.377. The molecule has 0 aliphatic carbocycles. The molecule has 1 aliphatic rings. The Morgan fingerprint density at radius 2 is 1.91 bits per heavy atom. The lowest BCUT2D eigenvalue weighted by Gasteiger charge is -2.29. The van der Waals surface area contributed by atoms with Crippen molar-refractivity contribution in [2.75, 3.05) is 36.5 Å². The molecule has 0 spiro atoms. The zero-order chi connectivity index (χ0) is 22.8. The van der Waals surface area contributed by atoms with Crippen molar-refractivity contribution in [2.24, 2.45) is 0 Å². The molecule has 0 saturated carbocycles. The molecular formula is C25H24FN5O2. The predicted molar refractivity (Wildman–Crippen MR) is 126 cm³/mol. The Morgan fingerprint density at radius 3 is 2.64 bits per heavy atom. The van der Waals surface area contributed by atoms with Crippen LogP contribution in [0.25, 0.3) is 22.3 Å². The highest BCUT2D eigenvalue weighted by Crippen LogP contribution is 2.27. The summed E-state index contributed by atoms with van der Waals surface area (Å²) in [5.74, 6) is -0.716. The van der Waals surface area contributed by atoms with E-state index >= 15 is 0 Å². The van der Waals surface area contributed by atoms with Gasteiger partial charge in [0.05, 0.1) is 41.7 Å². The Hall–Kier alpha value is -3.78. The number of aryl methyl sites for hydroxylation is 1. The lowest BCUT2D eigenvalue weighted by molar-refractivity contribution is 0.102. The van der Waals surface area contributed by atoms with E-state index in [1.807, 2.05) is 42.2 Å². The third-order valence-corrected chi connectivity index (χ3v) is 5.78. The SMILES string of the molecule is CCn1ncc2c(C(=O)Nc3ccc(N4CCOCC4)c(F)c3)cc(-c3ccccc3)nc21. The maximum atomic E-state index is 14.8. The molecular weight excluding hydrogens is 421 g/mol. The van der Waals surface area contributed by atoms with E-state index in [1.54, 1.807) is 29.1 Å². The summed E-state index contributed by atoms with van der Waals surface area (Å²) < 4.78 is 21.9. The number of morpholine rings is 1. The van der Waals surface area contributed by atoms with Crippen molar-refractivity contribution in [3.8, 4) is 11.3 Å². The van der Waals surface area contributed by atoms with Crippen molar-refractivity contribution in [3.05, 3.63) is 72.2 Å². The highest BCUT2D eigenvalue weighted by molar-refractivity contribution is 6.12. The number of benzene rings is 2. The van der Waals surface area contributed by atoms with Crippen LogP contribution in [0.5, 0.6) is 0 Å². The summed E-state index contributed by atoms with van der Waals surface area (Å²) in [5.41, 5.74) is 3.56. The Balaban J connectivity index is 1.48. The van der Waals surface area contributed by atoms with Gasteiger partial charge in [-0.15, -0.1) is 0 Å². The first kappa shape index (κ1) is 21.1. The van der Waals surface area contributed by atoms with Gasteiger partial charge in [0.1, 0.15) is 5.82 Å². The number of carbonyl (C=O) groups is 1. The average molecular weight is 445 g/mol. The lowest BCUT2D eigenvalue weighted by atomic mass is 10.1. The molecule has 1 N–H and O–H groups in total. The van der Waals surface area contributed by atoms with Crippen LogP contribution in [0, 0.1) is 5.82 Å². The second kappa shape index (κ2) is 8.99. The van der Waals surface area contributed by atoms with Gasteiger partial charge >= 0.3 is 0 Å². The summed E-state index contributed by atoms with van der Waals surface area (Å²) in [4.78, 5) is 20.0. The van der Waals surface area contributed by atoms with Gasteiger partial charge in [-0.2, -0.15) is 5.10 Å². The first-order valence-electron chi connectivity index (χ1n) is 11.0. The number of hydrogen-bond donors (Lipinski definition) is 1. The van der Waals surface area contributed by atoms with Crippen molar-refractivity contribution in [1.82, 2.24) is 14.8 Å². The highest BCUT2D eigenvalue weighted by atomic mass is 19.1. The molecule has 2 aromatic heterocycles. The molecule has 168 valence electrons. The summed E-state index contributed by atoms with van der Waals surface area (Å²) >= 11 is 0. The monoisotopic (exact) mass is 445 g/mol. The number of aromatic nitrogens is 3. The Morgan fingerprint density at radius 1 is 1.12 bits per heavy atom. The fourth-order valence-electron chi connectivity index (χ4n) is 4.07. The molecule has 8 heteroatoms. The molecule has 0 bridgehead atoms. The number of fused-ring (bicyclic) bond motifs is 1. The molecule has 1 amide bonds. The molecule has 7 nitrogen and oxygen atoms in total. The van der Waals surface area contributed by atoms with Crippen molar-refractivity contribution < 1.29 is 13.9 Å². The zero-order valence-corrected chi connectivity index (χ0v) is 18.3. The molecule has 0 radical (unpaired) electrons. The molecule has 4 aromatic rings. The van der Waals surface area contributed by atoms with E-state index in [0.717, 1.165) is 5.56 Å². The third-order valence-electron chi connectivity index (χ3n) is 5.78. The Bertz CT molecular complexity index is 1300. The van der Waals surface area contributed by atoms with Crippen molar-refractivity contribution in [1.29, 1.82) is 0 Å². The number of rotatable bonds is 5. The predicted octanol–water partition coefficient (Wildman–Crippen LogP) is 4.35. The van der Waals surface area contributed by atoms with E-state index < -0.39 is 0 Å². The third kappa shape index (κ3) is 4.17. The summed E-state index contributed by atoms with van der Waals surface area (Å²) in [7, 11) is 0. The molecule has 5 rings (SSSR count). The van der Waals surface area contributed by atoms with Crippen LogP contribution in [0.3, 0.4) is 0 Å². The first-order valence-corrected chi connectivity index (χ1v) is 11.0. The topological polar surface area (TPSA) is 72.3 Å². The maximum absolute atomic E-state index is 14.8. The Kier molecular flexibility index (Phi) is 5.75. The van der Waals surface area contributed by atoms with Crippen LogP contribution in [0.15, 0.2) is 60.8 Å². The number of pyridine rings is 1. The van der Waals surface area contributed by atoms with E-state index in [9.17, 15) is 9.18 Å². The van der Waals surface area contributed by atoms with Gasteiger partial charge in [0.2, 0.25) is 0 Å². The molecule has 1 fully saturated rings. The van der Waals surface area contributed by atoms with Gasteiger partial charge in [-0.1, -0.05) is 30.3 Å². The fourth-order valence-corrected chi connectivity index (χ4v) is 4.07. The molecule has 33 heavy (non-hydrogen) atoms. The van der Waals surface area contributed by atoms with Gasteiger partial charge in [-0.25, -0.2) is 14.1 Å². The van der Waals surface area contributed by atoms with Gasteiger partial charge in [0.15, 0.2) is 5.65 Å². The van der Waals surface area contributed by atoms with E-state index in [-0.39, 0.29) is 11.7 Å². The second-order valence-electron chi connectivity index (χ2n) is 7.84. The van der Waals surface area contributed by atoms with E-state index in [4.69, 9.17) is 9.72 Å². The number of anilines is 2. The molecule has 1 aliphatic heterocycles. The standard InChI is InChI=1S/C25H24FN5O2/c1-2-31-24-20(16-27-31)19(15-22(29-24)17-6-4-3-5-7-17)25(32)28-18-8-9-23(21(26)14-18)30-10-12-33-13-11-30/h3-9,14-16H,2,10-13H2,1H3,(H,28,32). The number of amides is 1. The van der Waals surface area contributed by atoms with Crippen LogP contribution in [-0.2, 0) is 11.3 Å². The number of halogens is 1. The van der Waals surface area contributed by atoms with E-state index in [1.165, 1.54) is 6.07 Å². The van der Waals surface area contributed by atoms with Crippen molar-refractivity contribution >= 4 is 28.3 Å². The number of nitrogens with zero attached hydrogens (tertiary/aromatic N) is 4. The summed E-state index contributed by atoms with van der Waals surface area (Å²) in [6.07, 6.45) is 1.65. The highest BCUT2D eigenvalue weighted by Gasteiger charge is 2.19. The fraction of sp³-hybridized carbons (Fsp3) is 0.240. The van der Waals surface area contributed by atoms with Crippen molar-refractivity contribution in [2.45, 2.75) is 13.5 Å². The number of ether oxygens (including phenoxy) is 1. The average Bonchev–Trinajstić information content (AvgIpc) is 3.27. The van der Waals surface area contributed by atoms with E-state index in [2.05, 4.69) is 10.4 Å². The van der Waals surface area contributed by atoms with Gasteiger partial charge in [0.25, 0.3) is 5.91 Å². The molecule has 0 atom stereocenters. The molecule has 1 saturated heterocycles. The van der Waals surface area contributed by atoms with Crippen LogP contribution in [0.4, 0.5) is 15.8 Å². The number of hydrogen-bond acceptors (Lipinski definition) is 5.